The van der Waals surface area contributed by atoms with Crippen molar-refractivity contribution in [2.45, 2.75) is 70.6 Å². The van der Waals surface area contributed by atoms with Crippen molar-refractivity contribution in [1.82, 2.24) is 9.80 Å². The summed E-state index contributed by atoms with van der Waals surface area (Å²) in [7, 11) is 1.58. The molecule has 0 N–H and O–H groups in total. The second kappa shape index (κ2) is 9.58. The molecule has 2 unspecified atom stereocenters. The van der Waals surface area contributed by atoms with Gasteiger partial charge in [0, 0.05) is 13.1 Å². The van der Waals surface area contributed by atoms with Crippen LogP contribution in [0.4, 0.5) is 4.79 Å². The molecule has 7 nitrogen and oxygen atoms in total. The number of likely N-dealkylation sites (tertiary alicyclic amines) is 2. The lowest BCUT2D eigenvalue weighted by Crippen LogP contribution is -2.56. The van der Waals surface area contributed by atoms with E-state index in [1.807, 2.05) is 42.7 Å². The van der Waals surface area contributed by atoms with Crippen LogP contribution in [-0.2, 0) is 9.53 Å². The molecule has 0 aliphatic carbocycles. The molecule has 2 amide bonds. The third-order valence-electron chi connectivity index (χ3n) is 5.66. The zero-order valence-electron chi connectivity index (χ0n) is 18.6. The summed E-state index contributed by atoms with van der Waals surface area (Å²) >= 11 is 0. The zero-order chi connectivity index (χ0) is 21.7. The third-order valence-corrected chi connectivity index (χ3v) is 5.66. The average molecular weight is 419 g/mol. The lowest BCUT2D eigenvalue weighted by molar-refractivity contribution is -0.138. The van der Waals surface area contributed by atoms with Crippen LogP contribution in [-0.4, -0.2) is 66.3 Å². The summed E-state index contributed by atoms with van der Waals surface area (Å²) < 4.78 is 16.7. The van der Waals surface area contributed by atoms with Crippen molar-refractivity contribution in [1.29, 1.82) is 0 Å². The van der Waals surface area contributed by atoms with Gasteiger partial charge >= 0.3 is 6.09 Å². The monoisotopic (exact) mass is 418 g/mol. The van der Waals surface area contributed by atoms with Crippen molar-refractivity contribution in [3.05, 3.63) is 24.3 Å². The molecule has 1 aromatic carbocycles. The Balaban J connectivity index is 1.67. The van der Waals surface area contributed by atoms with E-state index < -0.39 is 5.60 Å². The van der Waals surface area contributed by atoms with Gasteiger partial charge in [-0.25, -0.2) is 4.79 Å². The zero-order valence-corrected chi connectivity index (χ0v) is 18.6. The van der Waals surface area contributed by atoms with Crippen LogP contribution in [0.15, 0.2) is 24.3 Å². The van der Waals surface area contributed by atoms with Crippen LogP contribution in [0.25, 0.3) is 0 Å². The third kappa shape index (κ3) is 5.37. The highest BCUT2D eigenvalue weighted by Crippen LogP contribution is 2.31. The number of carbonyl (C=O) groups excluding carboxylic acids is 2. The first-order valence-corrected chi connectivity index (χ1v) is 10.8. The minimum atomic E-state index is -0.533. The Labute approximate surface area is 179 Å². The largest absolute Gasteiger partial charge is 0.493 e. The van der Waals surface area contributed by atoms with Crippen molar-refractivity contribution in [2.75, 3.05) is 26.8 Å². The molecule has 7 heteroatoms. The van der Waals surface area contributed by atoms with Crippen LogP contribution < -0.4 is 9.47 Å². The molecule has 3 rings (SSSR count). The standard InChI is InChI=1S/C23H34N2O5/c1-23(2,3)30-22(27)25-15-9-11-18(25)17-10-7-8-14-24(17)21(26)16-29-20-13-6-5-12-19(20)28-4/h5-6,12-13,17-18H,7-11,14-16H2,1-4H3. The number of piperidine rings is 1. The number of methoxy groups -OCH3 is 1. The topological polar surface area (TPSA) is 68.3 Å². The number of benzene rings is 1. The first kappa shape index (κ1) is 22.2. The van der Waals surface area contributed by atoms with E-state index in [1.54, 1.807) is 19.2 Å². The van der Waals surface area contributed by atoms with Gasteiger partial charge in [0.05, 0.1) is 19.2 Å². The highest BCUT2D eigenvalue weighted by molar-refractivity contribution is 5.78. The Kier molecular flexibility index (Phi) is 7.10. The average Bonchev–Trinajstić information content (AvgIpc) is 3.21. The number of hydrogen-bond acceptors (Lipinski definition) is 5. The van der Waals surface area contributed by atoms with E-state index in [9.17, 15) is 9.59 Å². The van der Waals surface area contributed by atoms with Crippen LogP contribution in [0, 0.1) is 0 Å². The maximum Gasteiger partial charge on any atom is 0.410 e. The first-order chi connectivity index (χ1) is 14.3. The van der Waals surface area contributed by atoms with Crippen LogP contribution in [0.2, 0.25) is 0 Å². The van der Waals surface area contributed by atoms with Crippen LogP contribution >= 0.6 is 0 Å². The number of nitrogens with zero attached hydrogens (tertiary/aromatic N) is 2. The molecule has 2 aliphatic rings. The maximum atomic E-state index is 13.1. The van der Waals surface area contributed by atoms with Crippen molar-refractivity contribution in [2.24, 2.45) is 0 Å². The fraction of sp³-hybridized carbons (Fsp3) is 0.652. The van der Waals surface area contributed by atoms with Crippen molar-refractivity contribution in [3.63, 3.8) is 0 Å². The second-order valence-electron chi connectivity index (χ2n) is 8.97. The van der Waals surface area contributed by atoms with E-state index in [0.29, 0.717) is 24.6 Å². The Bertz CT molecular complexity index is 745. The van der Waals surface area contributed by atoms with Gasteiger partial charge in [-0.1, -0.05) is 12.1 Å². The van der Waals surface area contributed by atoms with E-state index in [1.165, 1.54) is 0 Å². The Hall–Kier alpha value is -2.44. The molecule has 2 fully saturated rings. The Morgan fingerprint density at radius 1 is 0.967 bits per heavy atom. The highest BCUT2D eigenvalue weighted by atomic mass is 16.6. The quantitative estimate of drug-likeness (QED) is 0.726. The van der Waals surface area contributed by atoms with Gasteiger partial charge in [0.2, 0.25) is 0 Å². The normalized spacial score (nSPS) is 22.0. The lowest BCUT2D eigenvalue weighted by atomic mass is 9.94. The molecule has 0 saturated carbocycles. The molecule has 30 heavy (non-hydrogen) atoms. The molecule has 0 radical (unpaired) electrons. The van der Waals surface area contributed by atoms with Crippen LogP contribution in [0.3, 0.4) is 0 Å². The van der Waals surface area contributed by atoms with E-state index in [2.05, 4.69) is 0 Å². The summed E-state index contributed by atoms with van der Waals surface area (Å²) in [5.74, 6) is 1.10. The van der Waals surface area contributed by atoms with Gasteiger partial charge in [-0.3, -0.25) is 4.79 Å². The van der Waals surface area contributed by atoms with Gasteiger partial charge in [-0.15, -0.1) is 0 Å². The molecule has 2 atom stereocenters. The molecule has 1 aromatic rings. The van der Waals surface area contributed by atoms with Crippen LogP contribution in [0.1, 0.15) is 52.9 Å². The first-order valence-electron chi connectivity index (χ1n) is 10.8. The molecular formula is C23H34N2O5. The minimum absolute atomic E-state index is 0.00235. The number of carbonyl (C=O) groups is 2. The van der Waals surface area contributed by atoms with Crippen LogP contribution in [0.5, 0.6) is 11.5 Å². The van der Waals surface area contributed by atoms with E-state index in [4.69, 9.17) is 14.2 Å². The number of para-hydroxylation sites is 2. The van der Waals surface area contributed by atoms with Crippen molar-refractivity contribution in [3.8, 4) is 11.5 Å². The number of hydrogen-bond donors (Lipinski definition) is 0. The van der Waals surface area contributed by atoms with E-state index in [0.717, 1.165) is 32.1 Å². The fourth-order valence-corrected chi connectivity index (χ4v) is 4.37. The number of ether oxygens (including phenoxy) is 3. The fourth-order valence-electron chi connectivity index (χ4n) is 4.37. The van der Waals surface area contributed by atoms with Gasteiger partial charge in [-0.05, 0) is 65.0 Å². The SMILES string of the molecule is COc1ccccc1OCC(=O)N1CCCCC1C1CCCN1C(=O)OC(C)(C)C. The lowest BCUT2D eigenvalue weighted by Gasteiger charge is -2.42. The molecule has 0 spiro atoms. The number of rotatable bonds is 5. The summed E-state index contributed by atoms with van der Waals surface area (Å²) in [5, 5.41) is 0. The second-order valence-corrected chi connectivity index (χ2v) is 8.97. The molecule has 0 bridgehead atoms. The minimum Gasteiger partial charge on any atom is -0.493 e. The summed E-state index contributed by atoms with van der Waals surface area (Å²) in [6.45, 7) is 6.95. The van der Waals surface area contributed by atoms with E-state index >= 15 is 0 Å². The molecule has 2 aliphatic heterocycles. The molecule has 166 valence electrons. The Morgan fingerprint density at radius 3 is 2.30 bits per heavy atom. The summed E-state index contributed by atoms with van der Waals surface area (Å²) in [4.78, 5) is 29.5. The summed E-state index contributed by atoms with van der Waals surface area (Å²) in [6, 6.07) is 7.31. The molecule has 2 heterocycles. The number of amides is 2. The molecule has 2 saturated heterocycles. The maximum absolute atomic E-state index is 13.1. The Morgan fingerprint density at radius 2 is 1.60 bits per heavy atom. The van der Waals surface area contributed by atoms with E-state index in [-0.39, 0.29) is 30.7 Å². The van der Waals surface area contributed by atoms with Gasteiger partial charge in [0.1, 0.15) is 5.60 Å². The van der Waals surface area contributed by atoms with Gasteiger partial charge < -0.3 is 24.0 Å². The predicted molar refractivity (Wildman–Crippen MR) is 114 cm³/mol. The van der Waals surface area contributed by atoms with Gasteiger partial charge in [0.25, 0.3) is 5.91 Å². The van der Waals surface area contributed by atoms with Gasteiger partial charge in [-0.2, -0.15) is 0 Å². The summed E-state index contributed by atoms with van der Waals surface area (Å²) in [5.41, 5.74) is -0.533. The van der Waals surface area contributed by atoms with Crippen molar-refractivity contribution < 1.29 is 23.8 Å². The van der Waals surface area contributed by atoms with Gasteiger partial charge in [0.15, 0.2) is 18.1 Å². The highest BCUT2D eigenvalue weighted by Gasteiger charge is 2.41. The van der Waals surface area contributed by atoms with Crippen molar-refractivity contribution >= 4 is 12.0 Å². The smallest absolute Gasteiger partial charge is 0.410 e. The summed E-state index contributed by atoms with van der Waals surface area (Å²) in [6.07, 6.45) is 4.45. The molecule has 0 aromatic heterocycles. The molecular weight excluding hydrogens is 384 g/mol. The predicted octanol–water partition coefficient (Wildman–Crippen LogP) is 3.85.